The number of ether oxygens (including phenoxy) is 3. The molecule has 2 rings (SSSR count). The highest BCUT2D eigenvalue weighted by Crippen LogP contribution is 2.25. The van der Waals surface area contributed by atoms with Crippen LogP contribution in [-0.4, -0.2) is 50.6 Å². The summed E-state index contributed by atoms with van der Waals surface area (Å²) >= 11 is 0. The number of carbonyl (C=O) groups excluding carboxylic acids is 2. The highest BCUT2D eigenvalue weighted by atomic mass is 17.0. The summed E-state index contributed by atoms with van der Waals surface area (Å²) in [5.74, 6) is -1.63. The van der Waals surface area contributed by atoms with Crippen LogP contribution < -0.4 is 14.8 Å². The van der Waals surface area contributed by atoms with Gasteiger partial charge in [-0.05, 0) is 57.5 Å². The smallest absolute Gasteiger partial charge is 0.479 e. The van der Waals surface area contributed by atoms with E-state index in [2.05, 4.69) is 10.2 Å². The lowest BCUT2D eigenvalue weighted by Crippen LogP contribution is -2.64. The number of alkyl carbamates (subject to hydrolysis) is 1. The first-order valence-electron chi connectivity index (χ1n) is 10.9. The van der Waals surface area contributed by atoms with Crippen molar-refractivity contribution in [3.8, 4) is 11.5 Å². The van der Waals surface area contributed by atoms with Crippen LogP contribution in [0.3, 0.4) is 0 Å². The molecule has 204 valence electrons. The minimum Gasteiger partial charge on any atom is -0.479 e. The number of nitro benzene ring substituents is 1. The third-order valence-corrected chi connectivity index (χ3v) is 4.90. The number of nitrogens with zero attached hydrogens (tertiary/aromatic N) is 2. The van der Waals surface area contributed by atoms with Crippen LogP contribution in [0.5, 0.6) is 11.5 Å². The summed E-state index contributed by atoms with van der Waals surface area (Å²) in [6.45, 7) is 5.77. The minimum atomic E-state index is -2.31. The van der Waals surface area contributed by atoms with Crippen LogP contribution in [0.1, 0.15) is 33.3 Å². The first-order chi connectivity index (χ1) is 17.6. The second-order valence-electron chi connectivity index (χ2n) is 8.90. The van der Waals surface area contributed by atoms with E-state index in [0.717, 1.165) is 19.1 Å². The molecule has 2 unspecified atom stereocenters. The molecule has 38 heavy (non-hydrogen) atoms. The average Bonchev–Trinajstić information content (AvgIpc) is 2.78. The SMILES string of the molecule is CC(O[N+](=O)[O-])C(Cc1ccc(OC(=O)Oc2ccc([N+](=O)[O-])cc2)cc1)(NC(=O)OC(C)(C)C)C(=O)O. The number of carboxylic acids is 1. The van der Waals surface area contributed by atoms with Crippen molar-refractivity contribution in [2.24, 2.45) is 0 Å². The number of nitro groups is 1. The lowest BCUT2D eigenvalue weighted by atomic mass is 9.86. The number of aliphatic carboxylic acids is 1. The molecule has 2 aromatic carbocycles. The molecule has 0 aliphatic rings. The Labute approximate surface area is 215 Å². The van der Waals surface area contributed by atoms with Crippen molar-refractivity contribution in [2.45, 2.75) is 51.4 Å². The summed E-state index contributed by atoms with van der Waals surface area (Å²) in [6, 6.07) is 10.0. The molecule has 0 aliphatic carbocycles. The van der Waals surface area contributed by atoms with Gasteiger partial charge >= 0.3 is 18.2 Å². The zero-order valence-electron chi connectivity index (χ0n) is 20.7. The largest absolute Gasteiger partial charge is 0.519 e. The summed E-state index contributed by atoms with van der Waals surface area (Å²) in [5.41, 5.74) is -3.22. The van der Waals surface area contributed by atoms with Crippen molar-refractivity contribution in [1.29, 1.82) is 0 Å². The summed E-state index contributed by atoms with van der Waals surface area (Å²) < 4.78 is 15.1. The quantitative estimate of drug-likeness (QED) is 0.193. The Hall–Kier alpha value is -4.95. The number of rotatable bonds is 10. The number of hydrogen-bond acceptors (Lipinski definition) is 11. The van der Waals surface area contributed by atoms with Crippen LogP contribution in [-0.2, 0) is 20.8 Å². The van der Waals surface area contributed by atoms with Crippen LogP contribution >= 0.6 is 0 Å². The molecule has 0 aromatic heterocycles. The van der Waals surface area contributed by atoms with Crippen LogP contribution in [0.2, 0.25) is 0 Å². The normalized spacial score (nSPS) is 13.3. The maximum Gasteiger partial charge on any atom is 0.519 e. The van der Waals surface area contributed by atoms with Gasteiger partial charge in [0.05, 0.1) is 4.92 Å². The Bertz CT molecular complexity index is 1190. The molecule has 2 aromatic rings. The zero-order valence-corrected chi connectivity index (χ0v) is 20.7. The fourth-order valence-electron chi connectivity index (χ4n) is 3.14. The van der Waals surface area contributed by atoms with E-state index < -0.39 is 51.9 Å². The topological polar surface area (TPSA) is 207 Å². The molecule has 0 saturated carbocycles. The molecule has 0 bridgehead atoms. The van der Waals surface area contributed by atoms with Gasteiger partial charge < -0.3 is 29.5 Å². The standard InChI is InChI=1S/C23H25N3O12/c1-14(38-26(33)34)23(19(27)28,24-20(29)37-22(2,3)4)13-15-5-9-17(10-6-15)35-21(30)36-18-11-7-16(8-12-18)25(31)32/h5-12,14H,13H2,1-4H3,(H,24,29)(H,27,28). The third kappa shape index (κ3) is 8.32. The highest BCUT2D eigenvalue weighted by molar-refractivity contribution is 5.85. The van der Waals surface area contributed by atoms with E-state index >= 15 is 0 Å². The van der Waals surface area contributed by atoms with Crippen molar-refractivity contribution in [3.63, 3.8) is 0 Å². The monoisotopic (exact) mass is 535 g/mol. The van der Waals surface area contributed by atoms with E-state index in [0.29, 0.717) is 0 Å². The average molecular weight is 535 g/mol. The molecule has 0 spiro atoms. The van der Waals surface area contributed by atoms with Gasteiger partial charge in [0.15, 0.2) is 5.54 Å². The van der Waals surface area contributed by atoms with Crippen LogP contribution in [0.15, 0.2) is 48.5 Å². The van der Waals surface area contributed by atoms with Crippen molar-refractivity contribution in [3.05, 3.63) is 74.3 Å². The molecule has 2 atom stereocenters. The molecule has 0 fully saturated rings. The molecule has 15 nitrogen and oxygen atoms in total. The van der Waals surface area contributed by atoms with Crippen LogP contribution in [0.25, 0.3) is 0 Å². The first kappa shape index (κ1) is 29.3. The maximum absolute atomic E-state index is 12.4. The second-order valence-corrected chi connectivity index (χ2v) is 8.90. The van der Waals surface area contributed by atoms with E-state index in [1.165, 1.54) is 36.4 Å². The minimum absolute atomic E-state index is 0.00328. The lowest BCUT2D eigenvalue weighted by molar-refractivity contribution is -0.769. The van der Waals surface area contributed by atoms with Gasteiger partial charge in [-0.25, -0.2) is 14.4 Å². The molecular weight excluding hydrogens is 510 g/mol. The van der Waals surface area contributed by atoms with Crippen molar-refractivity contribution < 1.29 is 48.5 Å². The van der Waals surface area contributed by atoms with E-state index in [1.54, 1.807) is 20.8 Å². The Morgan fingerprint density at radius 2 is 1.45 bits per heavy atom. The predicted molar refractivity (Wildman–Crippen MR) is 127 cm³/mol. The number of benzene rings is 2. The zero-order chi connectivity index (χ0) is 28.7. The predicted octanol–water partition coefficient (Wildman–Crippen LogP) is 3.66. The highest BCUT2D eigenvalue weighted by Gasteiger charge is 2.48. The second kappa shape index (κ2) is 11.9. The van der Waals surface area contributed by atoms with Gasteiger partial charge in [0.25, 0.3) is 10.8 Å². The molecule has 15 heteroatoms. The van der Waals surface area contributed by atoms with Gasteiger partial charge in [0.2, 0.25) is 0 Å². The van der Waals surface area contributed by atoms with Crippen LogP contribution in [0, 0.1) is 20.2 Å². The summed E-state index contributed by atoms with van der Waals surface area (Å²) in [4.78, 5) is 62.2. The number of nitrogens with one attached hydrogen (secondary N) is 1. The van der Waals surface area contributed by atoms with E-state index in [9.17, 15) is 39.7 Å². The fraction of sp³-hybridized carbons (Fsp3) is 0.348. The Kier molecular flexibility index (Phi) is 9.14. The van der Waals surface area contributed by atoms with Gasteiger partial charge in [0.1, 0.15) is 23.2 Å². The van der Waals surface area contributed by atoms with Crippen molar-refractivity contribution in [1.82, 2.24) is 5.32 Å². The summed E-state index contributed by atoms with van der Waals surface area (Å²) in [7, 11) is 0. The Morgan fingerprint density at radius 1 is 0.947 bits per heavy atom. The summed E-state index contributed by atoms with van der Waals surface area (Å²) in [6.07, 6.45) is -4.39. The van der Waals surface area contributed by atoms with E-state index in [4.69, 9.17) is 14.2 Å². The molecule has 1 amide bonds. The maximum atomic E-state index is 12.4. The van der Waals surface area contributed by atoms with Gasteiger partial charge in [-0.1, -0.05) is 12.1 Å². The molecular formula is C23H25N3O12. The molecule has 0 radical (unpaired) electrons. The number of carbonyl (C=O) groups is 3. The number of amides is 1. The van der Waals surface area contributed by atoms with E-state index in [-0.39, 0.29) is 22.7 Å². The Morgan fingerprint density at radius 3 is 1.87 bits per heavy atom. The van der Waals surface area contributed by atoms with Crippen molar-refractivity contribution >= 4 is 23.9 Å². The van der Waals surface area contributed by atoms with Crippen LogP contribution in [0.4, 0.5) is 15.3 Å². The molecule has 2 N–H and O–H groups in total. The van der Waals surface area contributed by atoms with Gasteiger partial charge in [0, 0.05) is 18.6 Å². The molecule has 0 saturated heterocycles. The van der Waals surface area contributed by atoms with E-state index in [1.807, 2.05) is 0 Å². The van der Waals surface area contributed by atoms with Crippen molar-refractivity contribution in [2.75, 3.05) is 0 Å². The number of non-ortho nitro benzene ring substituents is 1. The van der Waals surface area contributed by atoms with Gasteiger partial charge in [-0.2, -0.15) is 0 Å². The lowest BCUT2D eigenvalue weighted by Gasteiger charge is -2.35. The van der Waals surface area contributed by atoms with Gasteiger partial charge in [-0.15, -0.1) is 10.1 Å². The molecule has 0 heterocycles. The summed E-state index contributed by atoms with van der Waals surface area (Å²) in [5, 5.41) is 32.6. The third-order valence-electron chi connectivity index (χ3n) is 4.90. The Balaban J connectivity index is 2.19. The van der Waals surface area contributed by atoms with Gasteiger partial charge in [-0.3, -0.25) is 10.1 Å². The first-order valence-corrected chi connectivity index (χ1v) is 10.9. The number of hydrogen-bond donors (Lipinski definition) is 2. The number of carboxylic acid groups (broad SMARTS) is 1. The molecule has 0 aliphatic heterocycles. The fourth-order valence-corrected chi connectivity index (χ4v) is 3.14.